The maximum atomic E-state index is 12.3. The summed E-state index contributed by atoms with van der Waals surface area (Å²) < 4.78 is 0. The Labute approximate surface area is 111 Å². The molecule has 2 atom stereocenters. The maximum absolute atomic E-state index is 12.3. The minimum atomic E-state index is -0.574. The first-order valence-corrected chi connectivity index (χ1v) is 6.45. The van der Waals surface area contributed by atoms with E-state index in [1.807, 2.05) is 30.3 Å². The van der Waals surface area contributed by atoms with Crippen LogP contribution in [0, 0.1) is 0 Å². The number of amides is 2. The summed E-state index contributed by atoms with van der Waals surface area (Å²) >= 11 is 0. The van der Waals surface area contributed by atoms with Crippen LogP contribution in [0.2, 0.25) is 0 Å². The molecule has 19 heavy (non-hydrogen) atoms. The van der Waals surface area contributed by atoms with E-state index in [4.69, 9.17) is 0 Å². The van der Waals surface area contributed by atoms with Crippen molar-refractivity contribution in [1.29, 1.82) is 0 Å². The van der Waals surface area contributed by atoms with E-state index in [1.165, 1.54) is 4.90 Å². The highest BCUT2D eigenvalue weighted by Crippen LogP contribution is 2.25. The molecule has 0 radical (unpaired) electrons. The highest BCUT2D eigenvalue weighted by Gasteiger charge is 2.44. The van der Waals surface area contributed by atoms with Gasteiger partial charge >= 0.3 is 0 Å². The SMILES string of the molecule is O=C1[C@@H]2C[C@@H](O)CN2C(=O)CN1Cc1ccccc1. The number of hydrogen-bond acceptors (Lipinski definition) is 3. The van der Waals surface area contributed by atoms with Gasteiger partial charge in [-0.3, -0.25) is 9.59 Å². The molecule has 2 heterocycles. The third-order valence-electron chi connectivity index (χ3n) is 3.74. The fourth-order valence-corrected chi connectivity index (χ4v) is 2.80. The van der Waals surface area contributed by atoms with Gasteiger partial charge in [0.1, 0.15) is 12.6 Å². The van der Waals surface area contributed by atoms with Gasteiger partial charge in [0.2, 0.25) is 11.8 Å². The molecule has 1 N–H and O–H groups in total. The van der Waals surface area contributed by atoms with Crippen molar-refractivity contribution in [1.82, 2.24) is 9.80 Å². The van der Waals surface area contributed by atoms with E-state index in [1.54, 1.807) is 4.90 Å². The summed E-state index contributed by atoms with van der Waals surface area (Å²) in [7, 11) is 0. The van der Waals surface area contributed by atoms with Gasteiger partial charge in [-0.1, -0.05) is 30.3 Å². The number of fused-ring (bicyclic) bond motifs is 1. The summed E-state index contributed by atoms with van der Waals surface area (Å²) in [5.74, 6) is -0.128. The Morgan fingerprint density at radius 2 is 1.95 bits per heavy atom. The fraction of sp³-hybridized carbons (Fsp3) is 0.429. The van der Waals surface area contributed by atoms with E-state index in [0.717, 1.165) is 5.56 Å². The van der Waals surface area contributed by atoms with Crippen molar-refractivity contribution >= 4 is 11.8 Å². The largest absolute Gasteiger partial charge is 0.391 e. The number of nitrogens with zero attached hydrogens (tertiary/aromatic N) is 2. The van der Waals surface area contributed by atoms with Gasteiger partial charge in [-0.25, -0.2) is 0 Å². The number of hydrogen-bond donors (Lipinski definition) is 1. The monoisotopic (exact) mass is 260 g/mol. The van der Waals surface area contributed by atoms with Crippen LogP contribution in [-0.4, -0.2) is 52.0 Å². The molecule has 0 bridgehead atoms. The predicted molar refractivity (Wildman–Crippen MR) is 68.0 cm³/mol. The number of aliphatic hydroxyl groups excluding tert-OH is 1. The van der Waals surface area contributed by atoms with Crippen molar-refractivity contribution in [3.05, 3.63) is 35.9 Å². The van der Waals surface area contributed by atoms with Crippen LogP contribution >= 0.6 is 0 Å². The predicted octanol–water partition coefficient (Wildman–Crippen LogP) is -0.00940. The Hall–Kier alpha value is -1.88. The zero-order valence-electron chi connectivity index (χ0n) is 10.5. The molecule has 0 aromatic heterocycles. The molecule has 0 aliphatic carbocycles. The molecule has 2 aliphatic heterocycles. The smallest absolute Gasteiger partial charge is 0.246 e. The molecule has 2 aliphatic rings. The van der Waals surface area contributed by atoms with Crippen LogP contribution < -0.4 is 0 Å². The van der Waals surface area contributed by atoms with Crippen molar-refractivity contribution < 1.29 is 14.7 Å². The second-order valence-electron chi connectivity index (χ2n) is 5.13. The van der Waals surface area contributed by atoms with Gasteiger partial charge in [-0.15, -0.1) is 0 Å². The van der Waals surface area contributed by atoms with Gasteiger partial charge in [0.15, 0.2) is 0 Å². The van der Waals surface area contributed by atoms with E-state index < -0.39 is 12.1 Å². The Balaban J connectivity index is 1.77. The van der Waals surface area contributed by atoms with Crippen molar-refractivity contribution in [2.45, 2.75) is 25.1 Å². The van der Waals surface area contributed by atoms with Gasteiger partial charge in [-0.2, -0.15) is 0 Å². The lowest BCUT2D eigenvalue weighted by Crippen LogP contribution is -2.56. The lowest BCUT2D eigenvalue weighted by Gasteiger charge is -2.36. The van der Waals surface area contributed by atoms with Gasteiger partial charge in [0, 0.05) is 19.5 Å². The summed E-state index contributed by atoms with van der Waals surface area (Å²) in [4.78, 5) is 27.4. The average molecular weight is 260 g/mol. The molecule has 2 fully saturated rings. The second kappa shape index (κ2) is 4.66. The van der Waals surface area contributed by atoms with Crippen molar-refractivity contribution in [3.8, 4) is 0 Å². The van der Waals surface area contributed by atoms with Gasteiger partial charge in [0.05, 0.1) is 6.10 Å². The molecular weight excluding hydrogens is 244 g/mol. The first-order valence-electron chi connectivity index (χ1n) is 6.45. The number of aliphatic hydroxyl groups is 1. The highest BCUT2D eigenvalue weighted by atomic mass is 16.3. The van der Waals surface area contributed by atoms with Gasteiger partial charge in [0.25, 0.3) is 0 Å². The standard InChI is InChI=1S/C14H16N2O3/c17-11-6-12-14(19)15(9-13(18)16(12)8-11)7-10-4-2-1-3-5-10/h1-5,11-12,17H,6-9H2/t11-,12+/m1/s1. The first kappa shape index (κ1) is 12.2. The van der Waals surface area contributed by atoms with Gasteiger partial charge < -0.3 is 14.9 Å². The zero-order valence-corrected chi connectivity index (χ0v) is 10.5. The molecule has 0 spiro atoms. The van der Waals surface area contributed by atoms with Crippen LogP contribution in [0.15, 0.2) is 30.3 Å². The van der Waals surface area contributed by atoms with E-state index in [0.29, 0.717) is 13.0 Å². The number of carbonyl (C=O) groups excluding carboxylic acids is 2. The molecule has 0 saturated carbocycles. The molecule has 2 saturated heterocycles. The van der Waals surface area contributed by atoms with E-state index in [-0.39, 0.29) is 24.9 Å². The first-order chi connectivity index (χ1) is 9.15. The quantitative estimate of drug-likeness (QED) is 0.813. The third-order valence-corrected chi connectivity index (χ3v) is 3.74. The lowest BCUT2D eigenvalue weighted by molar-refractivity contribution is -0.154. The number of benzene rings is 1. The Kier molecular flexibility index (Phi) is 2.98. The summed E-state index contributed by atoms with van der Waals surface area (Å²) in [5.41, 5.74) is 1.01. The number of carbonyl (C=O) groups is 2. The molecule has 2 amide bonds. The summed E-state index contributed by atoms with van der Waals surface area (Å²) in [6, 6.07) is 9.15. The van der Waals surface area contributed by atoms with Crippen LogP contribution in [0.1, 0.15) is 12.0 Å². The minimum Gasteiger partial charge on any atom is -0.391 e. The minimum absolute atomic E-state index is 0.0556. The normalized spacial score (nSPS) is 26.8. The fourth-order valence-electron chi connectivity index (χ4n) is 2.80. The maximum Gasteiger partial charge on any atom is 0.246 e. The van der Waals surface area contributed by atoms with Crippen LogP contribution in [-0.2, 0) is 16.1 Å². The topological polar surface area (TPSA) is 60.9 Å². The van der Waals surface area contributed by atoms with Gasteiger partial charge in [-0.05, 0) is 5.56 Å². The van der Waals surface area contributed by atoms with E-state index in [2.05, 4.69) is 0 Å². The molecule has 1 aromatic carbocycles. The molecule has 5 nitrogen and oxygen atoms in total. The van der Waals surface area contributed by atoms with E-state index in [9.17, 15) is 14.7 Å². The summed E-state index contributed by atoms with van der Waals surface area (Å²) in [5, 5.41) is 9.61. The highest BCUT2D eigenvalue weighted by molar-refractivity contribution is 5.95. The lowest BCUT2D eigenvalue weighted by atomic mass is 10.1. The Bertz CT molecular complexity index is 503. The van der Waals surface area contributed by atoms with Crippen LogP contribution in [0.3, 0.4) is 0 Å². The zero-order chi connectivity index (χ0) is 13.4. The number of piperazine rings is 1. The molecule has 3 rings (SSSR count). The molecule has 5 heteroatoms. The van der Waals surface area contributed by atoms with Crippen LogP contribution in [0.5, 0.6) is 0 Å². The molecule has 0 unspecified atom stereocenters. The third kappa shape index (κ3) is 2.21. The summed E-state index contributed by atoms with van der Waals surface area (Å²) in [6.45, 7) is 0.844. The average Bonchev–Trinajstić information content (AvgIpc) is 2.80. The second-order valence-corrected chi connectivity index (χ2v) is 5.13. The number of rotatable bonds is 2. The van der Waals surface area contributed by atoms with Crippen molar-refractivity contribution in [3.63, 3.8) is 0 Å². The molecule has 100 valence electrons. The Morgan fingerprint density at radius 3 is 2.68 bits per heavy atom. The van der Waals surface area contributed by atoms with E-state index >= 15 is 0 Å². The van der Waals surface area contributed by atoms with Crippen molar-refractivity contribution in [2.75, 3.05) is 13.1 Å². The van der Waals surface area contributed by atoms with Crippen molar-refractivity contribution in [2.24, 2.45) is 0 Å². The Morgan fingerprint density at radius 1 is 1.21 bits per heavy atom. The van der Waals surface area contributed by atoms with Crippen LogP contribution in [0.25, 0.3) is 0 Å². The molecule has 1 aromatic rings. The summed E-state index contributed by atoms with van der Waals surface area (Å²) in [6.07, 6.45) is -0.217. The molecular formula is C14H16N2O3. The van der Waals surface area contributed by atoms with Crippen LogP contribution in [0.4, 0.5) is 0 Å².